The van der Waals surface area contributed by atoms with E-state index >= 15 is 0 Å². The number of hydrazine groups is 1. The molecule has 0 saturated carbocycles. The molecule has 10 heteroatoms. The van der Waals surface area contributed by atoms with E-state index in [9.17, 15) is 19.3 Å². The van der Waals surface area contributed by atoms with Crippen molar-refractivity contribution in [1.82, 2.24) is 4.98 Å². The van der Waals surface area contributed by atoms with Crippen molar-refractivity contribution in [3.63, 3.8) is 0 Å². The van der Waals surface area contributed by atoms with Gasteiger partial charge >= 0.3 is 0 Å². The summed E-state index contributed by atoms with van der Waals surface area (Å²) in [6.45, 7) is 0. The molecule has 0 spiro atoms. The zero-order valence-electron chi connectivity index (χ0n) is 9.79. The summed E-state index contributed by atoms with van der Waals surface area (Å²) in [6.07, 6.45) is 1.46. The Labute approximate surface area is 115 Å². The van der Waals surface area contributed by atoms with Crippen LogP contribution in [0.3, 0.4) is 0 Å². The molecule has 0 aliphatic carbocycles. The molecule has 0 aliphatic heterocycles. The molecule has 1 amide bonds. The molecule has 8 nitrogen and oxygen atoms in total. The zero-order chi connectivity index (χ0) is 14.7. The van der Waals surface area contributed by atoms with Crippen LogP contribution in [0.25, 0.3) is 0 Å². The normalized spacial score (nSPS) is 10.1. The molecular formula is C10H8FN5O3S. The first-order valence-corrected chi connectivity index (χ1v) is 6.06. The van der Waals surface area contributed by atoms with Gasteiger partial charge in [-0.1, -0.05) is 0 Å². The molecule has 104 valence electrons. The highest BCUT2D eigenvalue weighted by atomic mass is 32.1. The Morgan fingerprint density at radius 1 is 1.50 bits per heavy atom. The molecule has 0 bridgehead atoms. The van der Waals surface area contributed by atoms with Crippen LogP contribution in [-0.2, 0) is 0 Å². The van der Waals surface area contributed by atoms with Crippen molar-refractivity contribution in [3.05, 3.63) is 45.2 Å². The maximum absolute atomic E-state index is 13.4. The quantitative estimate of drug-likeness (QED) is 0.448. The van der Waals surface area contributed by atoms with E-state index in [0.29, 0.717) is 6.07 Å². The second kappa shape index (κ2) is 5.59. The average molecular weight is 297 g/mol. The summed E-state index contributed by atoms with van der Waals surface area (Å²) >= 11 is 1.15. The van der Waals surface area contributed by atoms with Gasteiger partial charge in [-0.3, -0.25) is 26.1 Å². The van der Waals surface area contributed by atoms with Crippen LogP contribution in [0.5, 0.6) is 0 Å². The molecule has 1 aromatic carbocycles. The number of thiazole rings is 1. The van der Waals surface area contributed by atoms with Gasteiger partial charge in [-0.05, 0) is 6.07 Å². The Morgan fingerprint density at radius 3 is 2.80 bits per heavy atom. The number of nitrogens with zero attached hydrogens (tertiary/aromatic N) is 2. The molecule has 1 heterocycles. The minimum Gasteiger partial charge on any atom is -0.321 e. The van der Waals surface area contributed by atoms with E-state index in [2.05, 4.69) is 10.3 Å². The molecule has 20 heavy (non-hydrogen) atoms. The van der Waals surface area contributed by atoms with Gasteiger partial charge in [-0.2, -0.15) is 0 Å². The second-order valence-corrected chi connectivity index (χ2v) is 4.44. The van der Waals surface area contributed by atoms with Gasteiger partial charge in [-0.25, -0.2) is 9.37 Å². The summed E-state index contributed by atoms with van der Waals surface area (Å²) in [5.41, 5.74) is 0.826. The highest BCUT2D eigenvalue weighted by molar-refractivity contribution is 7.13. The number of aromatic nitrogens is 1. The first kappa shape index (κ1) is 13.8. The maximum atomic E-state index is 13.4. The Balaban J connectivity index is 2.42. The van der Waals surface area contributed by atoms with Crippen molar-refractivity contribution in [3.8, 4) is 0 Å². The van der Waals surface area contributed by atoms with Crippen LogP contribution in [0, 0.1) is 15.9 Å². The van der Waals surface area contributed by atoms with Crippen LogP contribution in [0.1, 0.15) is 10.4 Å². The Kier molecular flexibility index (Phi) is 3.86. The van der Waals surface area contributed by atoms with E-state index in [1.165, 1.54) is 6.20 Å². The molecule has 0 fully saturated rings. The van der Waals surface area contributed by atoms with Crippen molar-refractivity contribution in [2.45, 2.75) is 0 Å². The number of nitrogens with one attached hydrogen (secondary N) is 2. The zero-order valence-corrected chi connectivity index (χ0v) is 10.6. The van der Waals surface area contributed by atoms with E-state index in [4.69, 9.17) is 5.84 Å². The van der Waals surface area contributed by atoms with Crippen LogP contribution in [-0.4, -0.2) is 15.8 Å². The topological polar surface area (TPSA) is 123 Å². The number of nitro groups is 1. The largest absolute Gasteiger partial charge is 0.321 e. The standard InChI is InChI=1S/C10H8FN5O3S/c11-6-4-8(16(18)19)5(3-7(6)15-12)9(17)14-10-13-1-2-20-10/h1-4,15H,12H2,(H,13,14,17). The number of hydrogen-bond acceptors (Lipinski definition) is 7. The fourth-order valence-corrected chi connectivity index (χ4v) is 1.98. The number of amides is 1. The minimum atomic E-state index is -0.926. The Morgan fingerprint density at radius 2 is 2.25 bits per heavy atom. The van der Waals surface area contributed by atoms with E-state index in [0.717, 1.165) is 17.4 Å². The summed E-state index contributed by atoms with van der Waals surface area (Å²) in [6, 6.07) is 1.60. The number of nitro benzene ring substituents is 1. The van der Waals surface area contributed by atoms with Crippen molar-refractivity contribution >= 4 is 33.8 Å². The third-order valence-electron chi connectivity index (χ3n) is 2.33. The van der Waals surface area contributed by atoms with E-state index in [-0.39, 0.29) is 16.4 Å². The van der Waals surface area contributed by atoms with Crippen LogP contribution in [0.15, 0.2) is 23.7 Å². The first-order valence-electron chi connectivity index (χ1n) is 5.18. The average Bonchev–Trinajstić information content (AvgIpc) is 2.90. The van der Waals surface area contributed by atoms with Crippen molar-refractivity contribution in [2.24, 2.45) is 5.84 Å². The van der Waals surface area contributed by atoms with E-state index in [1.54, 1.807) is 5.38 Å². The maximum Gasteiger partial charge on any atom is 0.285 e. The highest BCUT2D eigenvalue weighted by Gasteiger charge is 2.24. The lowest BCUT2D eigenvalue weighted by molar-refractivity contribution is -0.385. The number of carbonyl (C=O) groups excluding carboxylic acids is 1. The number of carbonyl (C=O) groups is 1. The van der Waals surface area contributed by atoms with Crippen molar-refractivity contribution in [1.29, 1.82) is 0 Å². The molecular weight excluding hydrogens is 289 g/mol. The van der Waals surface area contributed by atoms with Gasteiger partial charge in [-0.15, -0.1) is 11.3 Å². The number of anilines is 2. The lowest BCUT2D eigenvalue weighted by Crippen LogP contribution is -2.16. The van der Waals surface area contributed by atoms with E-state index in [1.807, 2.05) is 5.43 Å². The van der Waals surface area contributed by atoms with E-state index < -0.39 is 22.3 Å². The van der Waals surface area contributed by atoms with Gasteiger partial charge in [0.1, 0.15) is 5.56 Å². The summed E-state index contributed by atoms with van der Waals surface area (Å²) < 4.78 is 13.4. The minimum absolute atomic E-state index is 0.222. The smallest absolute Gasteiger partial charge is 0.285 e. The monoisotopic (exact) mass is 297 g/mol. The summed E-state index contributed by atoms with van der Waals surface area (Å²) in [5.74, 6) is 3.38. The predicted molar refractivity (Wildman–Crippen MR) is 70.9 cm³/mol. The van der Waals surface area contributed by atoms with Crippen molar-refractivity contribution < 1.29 is 14.1 Å². The fourth-order valence-electron chi connectivity index (χ4n) is 1.46. The van der Waals surface area contributed by atoms with Crippen LogP contribution in [0.2, 0.25) is 0 Å². The van der Waals surface area contributed by atoms with Crippen LogP contribution < -0.4 is 16.6 Å². The van der Waals surface area contributed by atoms with Gasteiger partial charge < -0.3 is 5.43 Å². The predicted octanol–water partition coefficient (Wildman–Crippen LogP) is 1.73. The lowest BCUT2D eigenvalue weighted by atomic mass is 10.1. The number of halogens is 1. The summed E-state index contributed by atoms with van der Waals surface area (Å²) in [7, 11) is 0. The van der Waals surface area contributed by atoms with Gasteiger partial charge in [0.2, 0.25) is 0 Å². The number of benzene rings is 1. The number of hydrogen-bond donors (Lipinski definition) is 3. The van der Waals surface area contributed by atoms with Gasteiger partial charge in [0.15, 0.2) is 10.9 Å². The first-order chi connectivity index (χ1) is 9.52. The van der Waals surface area contributed by atoms with Gasteiger partial charge in [0.05, 0.1) is 16.7 Å². The summed E-state index contributed by atoms with van der Waals surface area (Å²) in [4.78, 5) is 25.8. The highest BCUT2D eigenvalue weighted by Crippen LogP contribution is 2.26. The van der Waals surface area contributed by atoms with Crippen LogP contribution >= 0.6 is 11.3 Å². The molecule has 0 radical (unpaired) electrons. The molecule has 0 saturated heterocycles. The molecule has 4 N–H and O–H groups in total. The van der Waals surface area contributed by atoms with Gasteiger partial charge in [0, 0.05) is 11.6 Å². The molecule has 0 unspecified atom stereocenters. The number of nitrogens with two attached hydrogens (primary N) is 1. The fraction of sp³-hybridized carbons (Fsp3) is 0. The number of nitrogen functional groups attached to an aromatic ring is 1. The molecule has 2 aromatic rings. The molecule has 2 rings (SSSR count). The SMILES string of the molecule is NNc1cc(C(=O)Nc2nccs2)c([N+](=O)[O-])cc1F. The number of rotatable bonds is 4. The molecule has 0 atom stereocenters. The molecule has 0 aliphatic rings. The van der Waals surface area contributed by atoms with Crippen LogP contribution in [0.4, 0.5) is 20.9 Å². The van der Waals surface area contributed by atoms with Gasteiger partial charge in [0.25, 0.3) is 11.6 Å². The Hall–Kier alpha value is -2.59. The lowest BCUT2D eigenvalue weighted by Gasteiger charge is -2.07. The Bertz CT molecular complexity index is 661. The third-order valence-corrected chi connectivity index (χ3v) is 3.02. The van der Waals surface area contributed by atoms with Crippen molar-refractivity contribution in [2.75, 3.05) is 10.7 Å². The third kappa shape index (κ3) is 2.70. The summed E-state index contributed by atoms with van der Waals surface area (Å²) in [5, 5.41) is 15.2. The second-order valence-electron chi connectivity index (χ2n) is 3.54. The molecule has 1 aromatic heterocycles.